The monoisotopic (exact) mass is 271 g/mol. The zero-order valence-electron chi connectivity index (χ0n) is 10.8. The van der Waals surface area contributed by atoms with Gasteiger partial charge in [0.25, 0.3) is 5.91 Å². The summed E-state index contributed by atoms with van der Waals surface area (Å²) in [6.45, 7) is 0.371. The van der Waals surface area contributed by atoms with E-state index in [9.17, 15) is 4.79 Å². The number of carbonyl (C=O) groups is 1. The molecule has 1 aromatic carbocycles. The van der Waals surface area contributed by atoms with E-state index in [2.05, 4.69) is 11.2 Å². The fraction of sp³-hybridized carbons (Fsp3) is 0.154. The molecule has 0 aliphatic carbocycles. The van der Waals surface area contributed by atoms with Crippen molar-refractivity contribution in [2.24, 2.45) is 5.73 Å². The predicted molar refractivity (Wildman–Crippen MR) is 72.0 cm³/mol. The summed E-state index contributed by atoms with van der Waals surface area (Å²) in [5, 5.41) is 13.0. The molecule has 0 saturated carbocycles. The van der Waals surface area contributed by atoms with Gasteiger partial charge in [0.05, 0.1) is 24.9 Å². The van der Waals surface area contributed by atoms with Crippen molar-refractivity contribution < 1.29 is 9.53 Å². The van der Waals surface area contributed by atoms with Crippen molar-refractivity contribution in [3.05, 3.63) is 41.2 Å². The number of nitrogen functional groups attached to an aromatic ring is 1. The predicted octanol–water partition coefficient (Wildman–Crippen LogP) is 0.493. The molecule has 1 heterocycles. The Bertz CT molecular complexity index is 699. The number of anilines is 1. The molecule has 0 fully saturated rings. The fourth-order valence-electron chi connectivity index (χ4n) is 1.84. The number of nitriles is 1. The molecule has 0 bridgehead atoms. The molecule has 1 aromatic heterocycles. The van der Waals surface area contributed by atoms with Gasteiger partial charge in [-0.1, -0.05) is 6.07 Å². The third kappa shape index (κ3) is 2.54. The van der Waals surface area contributed by atoms with Crippen LogP contribution < -0.4 is 16.2 Å². The molecule has 0 atom stereocenters. The maximum atomic E-state index is 11.1. The number of ether oxygens (including phenoxy) is 1. The summed E-state index contributed by atoms with van der Waals surface area (Å²) in [6, 6.07) is 7.26. The molecule has 2 aromatic rings. The second kappa shape index (κ2) is 5.32. The lowest BCUT2D eigenvalue weighted by Crippen LogP contribution is -2.14. The van der Waals surface area contributed by atoms with Crippen LogP contribution >= 0.6 is 0 Å². The highest BCUT2D eigenvalue weighted by molar-refractivity contribution is 5.95. The average molecular weight is 271 g/mol. The van der Waals surface area contributed by atoms with Crippen LogP contribution in [0.15, 0.2) is 24.4 Å². The minimum atomic E-state index is -0.673. The Labute approximate surface area is 115 Å². The normalized spacial score (nSPS) is 10.0. The Kier molecular flexibility index (Phi) is 3.57. The van der Waals surface area contributed by atoms with Gasteiger partial charge in [-0.15, -0.1) is 0 Å². The van der Waals surface area contributed by atoms with Crippen molar-refractivity contribution in [1.29, 1.82) is 5.26 Å². The number of benzene rings is 1. The molecular formula is C13H13N5O2. The minimum absolute atomic E-state index is 0.0408. The molecule has 0 unspecified atom stereocenters. The van der Waals surface area contributed by atoms with E-state index in [0.29, 0.717) is 17.9 Å². The second-order valence-corrected chi connectivity index (χ2v) is 4.14. The number of hydrogen-bond acceptors (Lipinski definition) is 5. The zero-order valence-corrected chi connectivity index (χ0v) is 10.8. The van der Waals surface area contributed by atoms with Crippen LogP contribution in [0.2, 0.25) is 0 Å². The van der Waals surface area contributed by atoms with Crippen LogP contribution in [-0.4, -0.2) is 22.8 Å². The number of nitrogens with two attached hydrogens (primary N) is 2. The number of primary amides is 1. The lowest BCUT2D eigenvalue weighted by molar-refractivity contribution is 0.0995. The van der Waals surface area contributed by atoms with Gasteiger partial charge in [-0.25, -0.2) is 0 Å². The van der Waals surface area contributed by atoms with Gasteiger partial charge in [-0.3, -0.25) is 9.48 Å². The molecule has 0 spiro atoms. The van der Waals surface area contributed by atoms with Crippen molar-refractivity contribution in [1.82, 2.24) is 9.78 Å². The summed E-state index contributed by atoms with van der Waals surface area (Å²) in [5.41, 5.74) is 12.3. The standard InChI is InChI=1S/C13H13N5O2/c1-20-11-3-2-8(4-9(11)5-14)6-18-7-10(15)12(17-18)13(16)19/h2-4,7H,6,15H2,1H3,(H2,16,19). The lowest BCUT2D eigenvalue weighted by atomic mass is 10.1. The van der Waals surface area contributed by atoms with Crippen LogP contribution in [0.1, 0.15) is 21.6 Å². The molecule has 0 radical (unpaired) electrons. The summed E-state index contributed by atoms with van der Waals surface area (Å²) in [7, 11) is 1.50. The second-order valence-electron chi connectivity index (χ2n) is 4.14. The first kappa shape index (κ1) is 13.4. The minimum Gasteiger partial charge on any atom is -0.495 e. The van der Waals surface area contributed by atoms with E-state index in [4.69, 9.17) is 21.5 Å². The topological polar surface area (TPSA) is 120 Å². The Morgan fingerprint density at radius 2 is 2.30 bits per heavy atom. The first-order valence-corrected chi connectivity index (χ1v) is 5.75. The van der Waals surface area contributed by atoms with E-state index >= 15 is 0 Å². The van der Waals surface area contributed by atoms with Crippen LogP contribution in [0.4, 0.5) is 5.69 Å². The molecule has 0 aliphatic heterocycles. The van der Waals surface area contributed by atoms with Gasteiger partial charge in [0, 0.05) is 6.20 Å². The summed E-state index contributed by atoms with van der Waals surface area (Å²) in [4.78, 5) is 11.1. The van der Waals surface area contributed by atoms with Crippen molar-refractivity contribution in [2.75, 3.05) is 12.8 Å². The summed E-state index contributed by atoms with van der Waals surface area (Å²) < 4.78 is 6.57. The van der Waals surface area contributed by atoms with E-state index in [1.807, 2.05) is 6.07 Å². The molecule has 7 heteroatoms. The van der Waals surface area contributed by atoms with Gasteiger partial charge < -0.3 is 16.2 Å². The van der Waals surface area contributed by atoms with Gasteiger partial charge in [-0.05, 0) is 17.7 Å². The van der Waals surface area contributed by atoms with Crippen molar-refractivity contribution in [3.63, 3.8) is 0 Å². The largest absolute Gasteiger partial charge is 0.495 e. The SMILES string of the molecule is COc1ccc(Cn2cc(N)c(C(N)=O)n2)cc1C#N. The van der Waals surface area contributed by atoms with Crippen LogP contribution in [0, 0.1) is 11.3 Å². The number of rotatable bonds is 4. The van der Waals surface area contributed by atoms with Crippen LogP contribution in [-0.2, 0) is 6.54 Å². The molecule has 0 saturated heterocycles. The third-order valence-corrected chi connectivity index (χ3v) is 2.75. The fourth-order valence-corrected chi connectivity index (χ4v) is 1.84. The van der Waals surface area contributed by atoms with E-state index in [1.165, 1.54) is 18.0 Å². The number of aromatic nitrogens is 2. The molecule has 0 aliphatic rings. The van der Waals surface area contributed by atoms with Gasteiger partial charge in [0.1, 0.15) is 11.8 Å². The Balaban J connectivity index is 2.29. The van der Waals surface area contributed by atoms with E-state index < -0.39 is 5.91 Å². The maximum absolute atomic E-state index is 11.1. The third-order valence-electron chi connectivity index (χ3n) is 2.75. The van der Waals surface area contributed by atoms with Crippen LogP contribution in [0.5, 0.6) is 5.75 Å². The number of hydrogen-bond donors (Lipinski definition) is 2. The van der Waals surface area contributed by atoms with Crippen LogP contribution in [0.3, 0.4) is 0 Å². The molecular weight excluding hydrogens is 258 g/mol. The summed E-state index contributed by atoms with van der Waals surface area (Å²) >= 11 is 0. The van der Waals surface area contributed by atoms with Crippen LogP contribution in [0.25, 0.3) is 0 Å². The first-order valence-electron chi connectivity index (χ1n) is 5.75. The number of carbonyl (C=O) groups excluding carboxylic acids is 1. The number of methoxy groups -OCH3 is 1. The molecule has 20 heavy (non-hydrogen) atoms. The van der Waals surface area contributed by atoms with E-state index in [1.54, 1.807) is 12.1 Å². The molecule has 4 N–H and O–H groups in total. The Hall–Kier alpha value is -3.01. The van der Waals surface area contributed by atoms with Gasteiger partial charge in [-0.2, -0.15) is 10.4 Å². The molecule has 1 amide bonds. The van der Waals surface area contributed by atoms with Crippen molar-refractivity contribution in [2.45, 2.75) is 6.54 Å². The Morgan fingerprint density at radius 1 is 1.55 bits per heavy atom. The highest BCUT2D eigenvalue weighted by atomic mass is 16.5. The zero-order chi connectivity index (χ0) is 14.7. The van der Waals surface area contributed by atoms with Gasteiger partial charge >= 0.3 is 0 Å². The lowest BCUT2D eigenvalue weighted by Gasteiger charge is -2.06. The highest BCUT2D eigenvalue weighted by Crippen LogP contribution is 2.19. The van der Waals surface area contributed by atoms with Crippen molar-refractivity contribution >= 4 is 11.6 Å². The summed E-state index contributed by atoms with van der Waals surface area (Å²) in [5.74, 6) is -0.164. The molecule has 7 nitrogen and oxygen atoms in total. The number of amides is 1. The molecule has 102 valence electrons. The Morgan fingerprint density at radius 3 is 2.85 bits per heavy atom. The average Bonchev–Trinajstić information content (AvgIpc) is 2.79. The highest BCUT2D eigenvalue weighted by Gasteiger charge is 2.12. The van der Waals surface area contributed by atoms with Crippen molar-refractivity contribution in [3.8, 4) is 11.8 Å². The smallest absolute Gasteiger partial charge is 0.271 e. The van der Waals surface area contributed by atoms with Gasteiger partial charge in [0.15, 0.2) is 5.69 Å². The maximum Gasteiger partial charge on any atom is 0.271 e. The van der Waals surface area contributed by atoms with E-state index in [-0.39, 0.29) is 11.4 Å². The quantitative estimate of drug-likeness (QED) is 0.838. The first-order chi connectivity index (χ1) is 9.55. The van der Waals surface area contributed by atoms with E-state index in [0.717, 1.165) is 5.56 Å². The van der Waals surface area contributed by atoms with Gasteiger partial charge in [0.2, 0.25) is 0 Å². The molecule has 2 rings (SSSR count). The number of nitrogens with zero attached hydrogens (tertiary/aromatic N) is 3. The summed E-state index contributed by atoms with van der Waals surface area (Å²) in [6.07, 6.45) is 1.52.